The SMILES string of the molecule is Cc1c(C(=O)O)oc2c1/C(=N\NC(=O)c1cccc(O)c1)CCC2. The number of hydrazone groups is 1. The van der Waals surface area contributed by atoms with Gasteiger partial charge >= 0.3 is 5.97 Å². The lowest BCUT2D eigenvalue weighted by atomic mass is 9.93. The van der Waals surface area contributed by atoms with Gasteiger partial charge in [0.1, 0.15) is 11.5 Å². The minimum absolute atomic E-state index is 0.00738. The van der Waals surface area contributed by atoms with E-state index in [0.29, 0.717) is 35.4 Å². The predicted molar refractivity (Wildman–Crippen MR) is 85.5 cm³/mol. The predicted octanol–water partition coefficient (Wildman–Crippen LogP) is 2.46. The Labute approximate surface area is 137 Å². The third kappa shape index (κ3) is 2.88. The van der Waals surface area contributed by atoms with Crippen molar-refractivity contribution in [2.75, 3.05) is 0 Å². The van der Waals surface area contributed by atoms with Gasteiger partial charge in [0.05, 0.1) is 5.71 Å². The number of aromatic hydroxyl groups is 1. The molecule has 0 radical (unpaired) electrons. The Morgan fingerprint density at radius 3 is 2.79 bits per heavy atom. The standard InChI is InChI=1S/C17H16N2O5/c1-9-14-12(6-3-7-13(14)24-15(9)17(22)23)18-19-16(21)10-4-2-5-11(20)8-10/h2,4-5,8,20H,3,6-7H2,1H3,(H,19,21)(H,22,23)/b18-12-. The third-order valence-electron chi connectivity index (χ3n) is 3.92. The molecule has 1 heterocycles. The van der Waals surface area contributed by atoms with Gasteiger partial charge in [0.15, 0.2) is 0 Å². The number of fused-ring (bicyclic) bond motifs is 1. The molecule has 0 aliphatic heterocycles. The van der Waals surface area contributed by atoms with Gasteiger partial charge in [-0.05, 0) is 38.0 Å². The molecule has 0 fully saturated rings. The lowest BCUT2D eigenvalue weighted by molar-refractivity contribution is 0.0659. The van der Waals surface area contributed by atoms with Crippen molar-refractivity contribution in [2.45, 2.75) is 26.2 Å². The summed E-state index contributed by atoms with van der Waals surface area (Å²) in [6, 6.07) is 5.94. The number of aryl methyl sites for hydroxylation is 1. The number of carboxylic acid groups (broad SMARTS) is 1. The van der Waals surface area contributed by atoms with E-state index in [4.69, 9.17) is 9.52 Å². The van der Waals surface area contributed by atoms with Crippen LogP contribution < -0.4 is 5.43 Å². The molecule has 0 unspecified atom stereocenters. The molecule has 1 aliphatic rings. The number of furan rings is 1. The average molecular weight is 328 g/mol. The lowest BCUT2D eigenvalue weighted by Crippen LogP contribution is -2.22. The highest BCUT2D eigenvalue weighted by atomic mass is 16.4. The lowest BCUT2D eigenvalue weighted by Gasteiger charge is -2.13. The second kappa shape index (κ2) is 6.19. The van der Waals surface area contributed by atoms with Crippen molar-refractivity contribution < 1.29 is 24.2 Å². The minimum atomic E-state index is -1.12. The second-order valence-corrected chi connectivity index (χ2v) is 5.56. The summed E-state index contributed by atoms with van der Waals surface area (Å²) >= 11 is 0. The molecular formula is C17H16N2O5. The third-order valence-corrected chi connectivity index (χ3v) is 3.92. The fourth-order valence-corrected chi connectivity index (χ4v) is 2.81. The number of amides is 1. The van der Waals surface area contributed by atoms with E-state index < -0.39 is 11.9 Å². The number of carbonyl (C=O) groups is 2. The van der Waals surface area contributed by atoms with Crippen LogP contribution in [-0.2, 0) is 6.42 Å². The highest BCUT2D eigenvalue weighted by Crippen LogP contribution is 2.29. The van der Waals surface area contributed by atoms with Gasteiger partial charge in [0, 0.05) is 23.1 Å². The molecule has 1 aromatic heterocycles. The number of carboxylic acids is 1. The fourth-order valence-electron chi connectivity index (χ4n) is 2.81. The molecule has 124 valence electrons. The van der Waals surface area contributed by atoms with Gasteiger partial charge in [-0.15, -0.1) is 0 Å². The molecule has 2 aromatic rings. The van der Waals surface area contributed by atoms with E-state index in [1.165, 1.54) is 12.1 Å². The highest BCUT2D eigenvalue weighted by Gasteiger charge is 2.27. The summed E-state index contributed by atoms with van der Waals surface area (Å²) in [5, 5.41) is 22.7. The van der Waals surface area contributed by atoms with Crippen molar-refractivity contribution in [1.29, 1.82) is 0 Å². The number of carbonyl (C=O) groups excluding carboxylic acids is 1. The Morgan fingerprint density at radius 1 is 1.29 bits per heavy atom. The van der Waals surface area contributed by atoms with Gasteiger partial charge in [-0.2, -0.15) is 5.10 Å². The van der Waals surface area contributed by atoms with Crippen molar-refractivity contribution in [2.24, 2.45) is 5.10 Å². The number of aromatic carboxylic acids is 1. The van der Waals surface area contributed by atoms with Crippen LogP contribution in [0, 0.1) is 6.92 Å². The maximum absolute atomic E-state index is 12.1. The number of nitrogens with one attached hydrogen (secondary N) is 1. The van der Waals surface area contributed by atoms with Crippen LogP contribution in [-0.4, -0.2) is 27.8 Å². The van der Waals surface area contributed by atoms with Crippen LogP contribution in [0.3, 0.4) is 0 Å². The van der Waals surface area contributed by atoms with Crippen LogP contribution in [0.5, 0.6) is 5.75 Å². The fraction of sp³-hybridized carbons (Fsp3) is 0.235. The average Bonchev–Trinajstić information content (AvgIpc) is 2.90. The Morgan fingerprint density at radius 2 is 2.08 bits per heavy atom. The quantitative estimate of drug-likeness (QED) is 0.749. The first-order valence-electron chi connectivity index (χ1n) is 7.49. The van der Waals surface area contributed by atoms with Crippen LogP contribution in [0.1, 0.15) is 50.6 Å². The smallest absolute Gasteiger partial charge is 0.372 e. The number of hydrogen-bond donors (Lipinski definition) is 3. The Hall–Kier alpha value is -3.09. The van der Waals surface area contributed by atoms with Crippen LogP contribution in [0.15, 0.2) is 33.8 Å². The van der Waals surface area contributed by atoms with E-state index in [9.17, 15) is 14.7 Å². The van der Waals surface area contributed by atoms with Crippen molar-refractivity contribution >= 4 is 17.6 Å². The molecule has 1 amide bonds. The van der Waals surface area contributed by atoms with Crippen LogP contribution in [0.2, 0.25) is 0 Å². The van der Waals surface area contributed by atoms with Gasteiger partial charge in [0.25, 0.3) is 5.91 Å². The first-order chi connectivity index (χ1) is 11.5. The summed E-state index contributed by atoms with van der Waals surface area (Å²) in [4.78, 5) is 23.3. The molecular weight excluding hydrogens is 312 g/mol. The molecule has 7 heteroatoms. The Bertz CT molecular complexity index is 851. The Balaban J connectivity index is 1.88. The van der Waals surface area contributed by atoms with E-state index in [1.54, 1.807) is 19.1 Å². The number of benzene rings is 1. The largest absolute Gasteiger partial charge is 0.508 e. The summed E-state index contributed by atoms with van der Waals surface area (Å²) in [5.41, 5.74) is 4.51. The van der Waals surface area contributed by atoms with Crippen molar-refractivity contribution in [3.8, 4) is 5.75 Å². The molecule has 0 bridgehead atoms. The van der Waals surface area contributed by atoms with Crippen molar-refractivity contribution in [3.05, 3.63) is 52.5 Å². The number of nitrogens with zero attached hydrogens (tertiary/aromatic N) is 1. The summed E-state index contributed by atoms with van der Waals surface area (Å²) in [6.07, 6.45) is 2.02. The normalized spacial score (nSPS) is 15.1. The number of phenols is 1. The van der Waals surface area contributed by atoms with Crippen molar-refractivity contribution in [3.63, 3.8) is 0 Å². The molecule has 0 saturated carbocycles. The van der Waals surface area contributed by atoms with Gasteiger partial charge in [-0.3, -0.25) is 4.79 Å². The van der Waals surface area contributed by atoms with Crippen LogP contribution >= 0.6 is 0 Å². The van der Waals surface area contributed by atoms with Crippen molar-refractivity contribution in [1.82, 2.24) is 5.43 Å². The number of phenolic OH excluding ortho intramolecular Hbond substituents is 1. The van der Waals surface area contributed by atoms with E-state index in [0.717, 1.165) is 6.42 Å². The number of rotatable bonds is 3. The zero-order valence-electron chi connectivity index (χ0n) is 13.0. The monoisotopic (exact) mass is 328 g/mol. The van der Waals surface area contributed by atoms with E-state index >= 15 is 0 Å². The second-order valence-electron chi connectivity index (χ2n) is 5.56. The maximum Gasteiger partial charge on any atom is 0.372 e. The zero-order chi connectivity index (χ0) is 17.3. The zero-order valence-corrected chi connectivity index (χ0v) is 13.0. The summed E-state index contributed by atoms with van der Waals surface area (Å²) in [5.74, 6) is -1.09. The molecule has 0 spiro atoms. The summed E-state index contributed by atoms with van der Waals surface area (Å²) in [6.45, 7) is 1.67. The van der Waals surface area contributed by atoms with Crippen LogP contribution in [0.25, 0.3) is 0 Å². The molecule has 7 nitrogen and oxygen atoms in total. The first kappa shape index (κ1) is 15.8. The molecule has 1 aliphatic carbocycles. The summed E-state index contributed by atoms with van der Waals surface area (Å²) in [7, 11) is 0. The molecule has 1 aromatic carbocycles. The maximum atomic E-state index is 12.1. The van der Waals surface area contributed by atoms with E-state index in [2.05, 4.69) is 10.5 Å². The molecule has 24 heavy (non-hydrogen) atoms. The number of hydrogen-bond acceptors (Lipinski definition) is 5. The van der Waals surface area contributed by atoms with Gasteiger partial charge in [-0.25, -0.2) is 10.2 Å². The first-order valence-corrected chi connectivity index (χ1v) is 7.49. The summed E-state index contributed by atoms with van der Waals surface area (Å²) < 4.78 is 5.41. The Kier molecular flexibility index (Phi) is 4.07. The van der Waals surface area contributed by atoms with Gasteiger partial charge < -0.3 is 14.6 Å². The highest BCUT2D eigenvalue weighted by molar-refractivity contribution is 6.06. The van der Waals surface area contributed by atoms with Gasteiger partial charge in [0.2, 0.25) is 5.76 Å². The van der Waals surface area contributed by atoms with E-state index in [1.807, 2.05) is 0 Å². The molecule has 3 N–H and O–H groups in total. The topological polar surface area (TPSA) is 112 Å². The minimum Gasteiger partial charge on any atom is -0.508 e. The molecule has 3 rings (SSSR count). The molecule has 0 saturated heterocycles. The molecule has 0 atom stereocenters. The van der Waals surface area contributed by atoms with E-state index in [-0.39, 0.29) is 17.1 Å². The van der Waals surface area contributed by atoms with Gasteiger partial charge in [-0.1, -0.05) is 6.07 Å². The van der Waals surface area contributed by atoms with Crippen LogP contribution in [0.4, 0.5) is 0 Å².